The predicted molar refractivity (Wildman–Crippen MR) is 84.8 cm³/mol. The molecule has 0 saturated heterocycles. The minimum atomic E-state index is -0.394. The Hall–Kier alpha value is -2.88. The Morgan fingerprint density at radius 1 is 1.33 bits per heavy atom. The molecule has 0 saturated carbocycles. The maximum absolute atomic E-state index is 11.9. The molecule has 2 heterocycles. The molecule has 3 aromatic rings. The van der Waals surface area contributed by atoms with E-state index in [4.69, 9.17) is 9.15 Å². The third kappa shape index (κ3) is 3.71. The number of anilines is 1. The van der Waals surface area contributed by atoms with Gasteiger partial charge in [0.05, 0.1) is 17.9 Å². The van der Waals surface area contributed by atoms with Crippen LogP contribution in [0.5, 0.6) is 0 Å². The molecule has 9 nitrogen and oxygen atoms in total. The molecule has 24 heavy (non-hydrogen) atoms. The van der Waals surface area contributed by atoms with E-state index in [-0.39, 0.29) is 17.5 Å². The average Bonchev–Trinajstić information content (AvgIpc) is 3.15. The van der Waals surface area contributed by atoms with E-state index in [1.54, 1.807) is 31.2 Å². The van der Waals surface area contributed by atoms with Gasteiger partial charge in [-0.05, 0) is 31.2 Å². The monoisotopic (exact) mass is 347 g/mol. The molecule has 0 radical (unpaired) electrons. The molecule has 124 valence electrons. The highest BCUT2D eigenvalue weighted by Gasteiger charge is 2.11. The first-order chi connectivity index (χ1) is 11.7. The Bertz CT molecular complexity index is 829. The van der Waals surface area contributed by atoms with Crippen LogP contribution < -0.4 is 5.32 Å². The summed E-state index contributed by atoms with van der Waals surface area (Å²) in [5, 5.41) is 14.4. The Kier molecular flexibility index (Phi) is 4.75. The molecule has 0 aliphatic carbocycles. The van der Waals surface area contributed by atoms with Crippen LogP contribution >= 0.6 is 11.8 Å². The maximum Gasteiger partial charge on any atom is 0.345 e. The molecule has 2 aromatic heterocycles. The molecule has 1 aromatic carbocycles. The Balaban J connectivity index is 1.52. The lowest BCUT2D eigenvalue weighted by atomic mass is 10.2. The SMILES string of the molecule is CCOC(=O)c1ccc(NC(=O)CSc2nn3cnnc3o2)cc1. The number of aromatic nitrogens is 4. The minimum absolute atomic E-state index is 0.122. The van der Waals surface area contributed by atoms with Crippen molar-refractivity contribution in [2.45, 2.75) is 12.1 Å². The van der Waals surface area contributed by atoms with Gasteiger partial charge in [0.1, 0.15) is 6.33 Å². The molecule has 10 heteroatoms. The van der Waals surface area contributed by atoms with Gasteiger partial charge in [-0.15, -0.1) is 10.2 Å². The number of hydrogen-bond donors (Lipinski definition) is 1. The Morgan fingerprint density at radius 2 is 2.12 bits per heavy atom. The number of ether oxygens (including phenoxy) is 1. The highest BCUT2D eigenvalue weighted by Crippen LogP contribution is 2.18. The smallest absolute Gasteiger partial charge is 0.345 e. The van der Waals surface area contributed by atoms with E-state index in [0.717, 1.165) is 11.8 Å². The van der Waals surface area contributed by atoms with E-state index in [1.165, 1.54) is 10.8 Å². The van der Waals surface area contributed by atoms with Gasteiger partial charge in [0.15, 0.2) is 0 Å². The minimum Gasteiger partial charge on any atom is -0.462 e. The van der Waals surface area contributed by atoms with Crippen LogP contribution in [0.15, 0.2) is 40.2 Å². The average molecular weight is 347 g/mol. The zero-order valence-electron chi connectivity index (χ0n) is 12.6. The van der Waals surface area contributed by atoms with Crippen molar-refractivity contribution in [3.05, 3.63) is 36.2 Å². The fraction of sp³-hybridized carbons (Fsp3) is 0.214. The number of nitrogens with zero attached hydrogens (tertiary/aromatic N) is 4. The molecular formula is C14H13N5O4S. The van der Waals surface area contributed by atoms with Crippen LogP contribution in [0.3, 0.4) is 0 Å². The van der Waals surface area contributed by atoms with Crippen molar-refractivity contribution in [3.63, 3.8) is 0 Å². The van der Waals surface area contributed by atoms with Gasteiger partial charge < -0.3 is 14.5 Å². The normalized spacial score (nSPS) is 10.7. The summed E-state index contributed by atoms with van der Waals surface area (Å²) in [6, 6.07) is 6.47. The molecule has 1 N–H and O–H groups in total. The largest absolute Gasteiger partial charge is 0.462 e. The van der Waals surface area contributed by atoms with Crippen molar-refractivity contribution in [3.8, 4) is 0 Å². The predicted octanol–water partition coefficient (Wildman–Crippen LogP) is 1.62. The number of nitrogens with one attached hydrogen (secondary N) is 1. The van der Waals surface area contributed by atoms with Gasteiger partial charge >= 0.3 is 11.8 Å². The van der Waals surface area contributed by atoms with Gasteiger partial charge in [0, 0.05) is 5.69 Å². The lowest BCUT2D eigenvalue weighted by Gasteiger charge is -2.05. The first kappa shape index (κ1) is 16.0. The molecule has 1 amide bonds. The van der Waals surface area contributed by atoms with Gasteiger partial charge in [0.2, 0.25) is 5.91 Å². The summed E-state index contributed by atoms with van der Waals surface area (Å²) < 4.78 is 11.6. The molecule has 0 aliphatic rings. The van der Waals surface area contributed by atoms with Crippen LogP contribution in [0.2, 0.25) is 0 Å². The molecule has 0 unspecified atom stereocenters. The highest BCUT2D eigenvalue weighted by atomic mass is 32.2. The van der Waals surface area contributed by atoms with E-state index < -0.39 is 5.97 Å². The first-order valence-electron chi connectivity index (χ1n) is 7.02. The summed E-state index contributed by atoms with van der Waals surface area (Å²) >= 11 is 1.14. The number of carbonyl (C=O) groups excluding carboxylic acids is 2. The number of fused-ring (bicyclic) bond motifs is 1. The van der Waals surface area contributed by atoms with Gasteiger partial charge in [-0.25, -0.2) is 4.79 Å². The fourth-order valence-electron chi connectivity index (χ4n) is 1.83. The van der Waals surface area contributed by atoms with Gasteiger partial charge in [-0.3, -0.25) is 4.79 Å². The van der Waals surface area contributed by atoms with E-state index in [9.17, 15) is 9.59 Å². The van der Waals surface area contributed by atoms with Crippen LogP contribution in [0, 0.1) is 0 Å². The zero-order valence-corrected chi connectivity index (χ0v) is 13.4. The second-order valence-corrected chi connectivity index (χ2v) is 5.49. The van der Waals surface area contributed by atoms with Crippen molar-refractivity contribution in [2.24, 2.45) is 0 Å². The van der Waals surface area contributed by atoms with Crippen LogP contribution in [0.4, 0.5) is 5.69 Å². The molecule has 3 rings (SSSR count). The summed E-state index contributed by atoms with van der Waals surface area (Å²) in [6.07, 6.45) is 1.41. The number of amides is 1. The molecular weight excluding hydrogens is 334 g/mol. The van der Waals surface area contributed by atoms with Crippen LogP contribution in [-0.4, -0.2) is 44.0 Å². The quantitative estimate of drug-likeness (QED) is 0.529. The van der Waals surface area contributed by atoms with Crippen LogP contribution in [-0.2, 0) is 9.53 Å². The number of carbonyl (C=O) groups is 2. The van der Waals surface area contributed by atoms with E-state index in [0.29, 0.717) is 23.1 Å². The lowest BCUT2D eigenvalue weighted by molar-refractivity contribution is -0.113. The third-order valence-electron chi connectivity index (χ3n) is 2.87. The summed E-state index contributed by atoms with van der Waals surface area (Å²) in [5.74, 6) is -0.226. The van der Waals surface area contributed by atoms with E-state index >= 15 is 0 Å². The van der Waals surface area contributed by atoms with Crippen LogP contribution in [0.25, 0.3) is 5.84 Å². The first-order valence-corrected chi connectivity index (χ1v) is 8.01. The second-order valence-electron chi connectivity index (χ2n) is 4.56. The van der Waals surface area contributed by atoms with Gasteiger partial charge in [-0.1, -0.05) is 16.9 Å². The molecule has 0 aliphatic heterocycles. The van der Waals surface area contributed by atoms with Crippen molar-refractivity contribution >= 4 is 35.2 Å². The fourth-order valence-corrected chi connectivity index (χ4v) is 2.43. The highest BCUT2D eigenvalue weighted by molar-refractivity contribution is 7.99. The Morgan fingerprint density at radius 3 is 2.83 bits per heavy atom. The summed E-state index contributed by atoms with van der Waals surface area (Å²) in [6.45, 7) is 2.06. The van der Waals surface area contributed by atoms with Crippen molar-refractivity contribution < 1.29 is 18.7 Å². The number of hydrogen-bond acceptors (Lipinski definition) is 8. The van der Waals surface area contributed by atoms with Crippen molar-refractivity contribution in [1.29, 1.82) is 0 Å². The van der Waals surface area contributed by atoms with E-state index in [1.807, 2.05) is 0 Å². The second kappa shape index (κ2) is 7.13. The summed E-state index contributed by atoms with van der Waals surface area (Å²) in [4.78, 5) is 23.5. The number of thioether (sulfide) groups is 1. The van der Waals surface area contributed by atoms with E-state index in [2.05, 4.69) is 20.6 Å². The molecule has 0 fully saturated rings. The summed E-state index contributed by atoms with van der Waals surface area (Å²) in [5.41, 5.74) is 1.01. The number of benzene rings is 1. The molecule has 0 bridgehead atoms. The standard InChI is InChI=1S/C14H13N5O4S/c1-2-22-12(21)9-3-5-10(6-4-9)16-11(20)7-24-14-18-19-8-15-17-13(19)23-14/h3-6,8H,2,7H2,1H3,(H,16,20). The summed E-state index contributed by atoms with van der Waals surface area (Å²) in [7, 11) is 0. The molecule has 0 atom stereocenters. The van der Waals surface area contributed by atoms with Crippen LogP contribution in [0.1, 0.15) is 17.3 Å². The van der Waals surface area contributed by atoms with Gasteiger partial charge in [-0.2, -0.15) is 4.52 Å². The zero-order chi connectivity index (χ0) is 16.9. The maximum atomic E-state index is 11.9. The number of esters is 1. The van der Waals surface area contributed by atoms with Gasteiger partial charge in [0.25, 0.3) is 5.22 Å². The third-order valence-corrected chi connectivity index (χ3v) is 3.69. The Labute approximate surface area is 140 Å². The topological polar surface area (TPSA) is 112 Å². The lowest BCUT2D eigenvalue weighted by Crippen LogP contribution is -2.14. The van der Waals surface area contributed by atoms with Crippen molar-refractivity contribution in [2.75, 3.05) is 17.7 Å². The molecule has 0 spiro atoms. The van der Waals surface area contributed by atoms with Crippen molar-refractivity contribution in [1.82, 2.24) is 19.8 Å². The number of rotatable bonds is 6.